The third kappa shape index (κ3) is 16.1. The molecule has 0 aliphatic heterocycles. The summed E-state index contributed by atoms with van der Waals surface area (Å²) in [6.45, 7) is 8.08. The highest BCUT2D eigenvalue weighted by atomic mass is 28.2. The molecule has 0 unspecified atom stereocenters. The highest BCUT2D eigenvalue weighted by Crippen LogP contribution is 1.94. The Morgan fingerprint density at radius 1 is 0.706 bits per heavy atom. The fourth-order valence-corrected chi connectivity index (χ4v) is 2.14. The van der Waals surface area contributed by atoms with E-state index in [1.54, 1.807) is 0 Å². The predicted octanol–water partition coefficient (Wildman–Crippen LogP) is 3.06. The number of rotatable bonds is 14. The molecular formula is C13H28O3Si. The van der Waals surface area contributed by atoms with Crippen LogP contribution >= 0.6 is 0 Å². The van der Waals surface area contributed by atoms with Crippen molar-refractivity contribution >= 4 is 9.76 Å². The van der Waals surface area contributed by atoms with E-state index in [2.05, 4.69) is 13.8 Å². The van der Waals surface area contributed by atoms with Crippen LogP contribution in [0, 0.1) is 0 Å². The van der Waals surface area contributed by atoms with Gasteiger partial charge in [0.1, 0.15) is 0 Å². The summed E-state index contributed by atoms with van der Waals surface area (Å²) in [5.41, 5.74) is 0. The third-order valence-corrected chi connectivity index (χ3v) is 3.29. The molecule has 0 atom stereocenters. The van der Waals surface area contributed by atoms with Gasteiger partial charge in [0.25, 0.3) is 0 Å². The van der Waals surface area contributed by atoms with Crippen LogP contribution < -0.4 is 0 Å². The molecule has 0 bridgehead atoms. The Kier molecular flexibility index (Phi) is 16.2. The van der Waals surface area contributed by atoms with Gasteiger partial charge in [-0.3, -0.25) is 0 Å². The molecule has 0 saturated carbocycles. The van der Waals surface area contributed by atoms with E-state index >= 15 is 0 Å². The fourth-order valence-electron chi connectivity index (χ4n) is 1.27. The summed E-state index contributed by atoms with van der Waals surface area (Å²) in [4.78, 5) is 0. The first-order chi connectivity index (χ1) is 8.41. The second kappa shape index (κ2) is 16.1. The van der Waals surface area contributed by atoms with Crippen molar-refractivity contribution in [2.24, 2.45) is 0 Å². The molecule has 0 aromatic carbocycles. The standard InChI is InChI=1S/C13H28O3Si/c1-3-5-7-8-14-9-10-15-11-12-16-17-13-6-4-2/h3-13H2,1-2H3. The minimum absolute atomic E-state index is 0.640. The van der Waals surface area contributed by atoms with E-state index in [1.165, 1.54) is 31.7 Å². The first kappa shape index (κ1) is 17.1. The molecular weight excluding hydrogens is 232 g/mol. The summed E-state index contributed by atoms with van der Waals surface area (Å²) in [6, 6.07) is 1.19. The number of hydrogen-bond donors (Lipinski definition) is 0. The van der Waals surface area contributed by atoms with Crippen LogP contribution in [0.2, 0.25) is 6.04 Å². The van der Waals surface area contributed by atoms with E-state index in [9.17, 15) is 0 Å². The molecule has 0 fully saturated rings. The molecule has 0 amide bonds. The molecule has 0 aromatic rings. The first-order valence-electron chi connectivity index (χ1n) is 6.92. The van der Waals surface area contributed by atoms with Crippen molar-refractivity contribution in [1.82, 2.24) is 0 Å². The first-order valence-corrected chi connectivity index (χ1v) is 8.03. The maximum absolute atomic E-state index is 5.46. The van der Waals surface area contributed by atoms with Crippen molar-refractivity contribution in [1.29, 1.82) is 0 Å². The van der Waals surface area contributed by atoms with Crippen LogP contribution in [0.4, 0.5) is 0 Å². The van der Waals surface area contributed by atoms with Gasteiger partial charge in [0.15, 0.2) is 0 Å². The lowest BCUT2D eigenvalue weighted by atomic mass is 10.3. The summed E-state index contributed by atoms with van der Waals surface area (Å²) in [6.07, 6.45) is 6.19. The summed E-state index contributed by atoms with van der Waals surface area (Å²) >= 11 is 0. The molecule has 4 heteroatoms. The second-order valence-corrected chi connectivity index (χ2v) is 5.11. The Morgan fingerprint density at radius 2 is 1.35 bits per heavy atom. The molecule has 0 spiro atoms. The average molecular weight is 260 g/mol. The van der Waals surface area contributed by atoms with Crippen LogP contribution in [0.3, 0.4) is 0 Å². The minimum atomic E-state index is 0.640. The van der Waals surface area contributed by atoms with Gasteiger partial charge in [0.2, 0.25) is 9.76 Å². The zero-order valence-corrected chi connectivity index (χ0v) is 12.5. The molecule has 0 aliphatic rings. The number of hydrogen-bond acceptors (Lipinski definition) is 3. The van der Waals surface area contributed by atoms with Crippen LogP contribution in [0.5, 0.6) is 0 Å². The van der Waals surface area contributed by atoms with Crippen molar-refractivity contribution in [3.05, 3.63) is 0 Å². The zero-order chi connectivity index (χ0) is 12.6. The normalized spacial score (nSPS) is 10.9. The van der Waals surface area contributed by atoms with Gasteiger partial charge in [0.05, 0.1) is 26.4 Å². The number of unbranched alkanes of at least 4 members (excludes halogenated alkanes) is 3. The van der Waals surface area contributed by atoms with Crippen LogP contribution in [0.25, 0.3) is 0 Å². The average Bonchev–Trinajstić information content (AvgIpc) is 2.35. The highest BCUT2D eigenvalue weighted by Gasteiger charge is 1.93. The zero-order valence-electron chi connectivity index (χ0n) is 11.5. The molecule has 0 saturated heterocycles. The van der Waals surface area contributed by atoms with Crippen molar-refractivity contribution in [2.75, 3.05) is 33.0 Å². The van der Waals surface area contributed by atoms with E-state index in [-0.39, 0.29) is 0 Å². The fraction of sp³-hybridized carbons (Fsp3) is 1.00. The Bertz CT molecular complexity index is 120. The smallest absolute Gasteiger partial charge is 0.229 e. The molecule has 2 radical (unpaired) electrons. The maximum Gasteiger partial charge on any atom is 0.229 e. The molecule has 17 heavy (non-hydrogen) atoms. The van der Waals surface area contributed by atoms with Crippen LogP contribution in [0.1, 0.15) is 46.0 Å². The molecule has 102 valence electrons. The molecule has 3 nitrogen and oxygen atoms in total. The van der Waals surface area contributed by atoms with E-state index in [4.69, 9.17) is 13.9 Å². The van der Waals surface area contributed by atoms with Gasteiger partial charge in [-0.25, -0.2) is 0 Å². The second-order valence-electron chi connectivity index (χ2n) is 4.03. The van der Waals surface area contributed by atoms with Crippen LogP contribution in [-0.4, -0.2) is 42.8 Å². The van der Waals surface area contributed by atoms with Gasteiger partial charge in [-0.2, -0.15) is 0 Å². The lowest BCUT2D eigenvalue weighted by Crippen LogP contribution is -2.11. The molecule has 0 aromatic heterocycles. The summed E-state index contributed by atoms with van der Waals surface area (Å²) < 4.78 is 16.3. The summed E-state index contributed by atoms with van der Waals surface area (Å²) in [5, 5.41) is 0. The van der Waals surface area contributed by atoms with Gasteiger partial charge in [-0.05, 0) is 12.5 Å². The lowest BCUT2D eigenvalue weighted by molar-refractivity contribution is 0.0356. The van der Waals surface area contributed by atoms with E-state index in [0.29, 0.717) is 29.6 Å². The third-order valence-electron chi connectivity index (χ3n) is 2.33. The minimum Gasteiger partial charge on any atom is -0.415 e. The van der Waals surface area contributed by atoms with Gasteiger partial charge in [-0.1, -0.05) is 39.5 Å². The largest absolute Gasteiger partial charge is 0.415 e. The van der Waals surface area contributed by atoms with Crippen molar-refractivity contribution in [2.45, 2.75) is 52.0 Å². The van der Waals surface area contributed by atoms with Gasteiger partial charge < -0.3 is 13.9 Å². The maximum atomic E-state index is 5.46. The van der Waals surface area contributed by atoms with Crippen LogP contribution in [-0.2, 0) is 13.9 Å². The lowest BCUT2D eigenvalue weighted by Gasteiger charge is -2.06. The van der Waals surface area contributed by atoms with Crippen molar-refractivity contribution in [3.63, 3.8) is 0 Å². The molecule has 0 heterocycles. The monoisotopic (exact) mass is 260 g/mol. The van der Waals surface area contributed by atoms with Crippen LogP contribution in [0.15, 0.2) is 0 Å². The Balaban J connectivity index is 2.85. The molecule has 0 aliphatic carbocycles. The Labute approximate surface area is 109 Å². The predicted molar refractivity (Wildman–Crippen MR) is 72.6 cm³/mol. The summed E-state index contributed by atoms with van der Waals surface area (Å²) in [7, 11) is 0.640. The van der Waals surface area contributed by atoms with Crippen molar-refractivity contribution < 1.29 is 13.9 Å². The van der Waals surface area contributed by atoms with E-state index in [1.807, 2.05) is 0 Å². The van der Waals surface area contributed by atoms with Gasteiger partial charge in [-0.15, -0.1) is 0 Å². The van der Waals surface area contributed by atoms with Gasteiger partial charge >= 0.3 is 0 Å². The Morgan fingerprint density at radius 3 is 2.06 bits per heavy atom. The van der Waals surface area contributed by atoms with E-state index < -0.39 is 0 Å². The highest BCUT2D eigenvalue weighted by molar-refractivity contribution is 6.26. The molecule has 0 rings (SSSR count). The number of ether oxygens (including phenoxy) is 2. The summed E-state index contributed by atoms with van der Waals surface area (Å²) in [5.74, 6) is 0. The topological polar surface area (TPSA) is 27.7 Å². The van der Waals surface area contributed by atoms with Crippen molar-refractivity contribution in [3.8, 4) is 0 Å². The van der Waals surface area contributed by atoms with E-state index in [0.717, 1.165) is 19.6 Å². The van der Waals surface area contributed by atoms with Gasteiger partial charge in [0, 0.05) is 6.61 Å². The Hall–Kier alpha value is 0.0969. The SMILES string of the molecule is CCCCCOCCOCCO[Si]CCCC. The quantitative estimate of drug-likeness (QED) is 0.355. The molecule has 0 N–H and O–H groups in total.